The Kier molecular flexibility index (Phi) is 6.12. The van der Waals surface area contributed by atoms with E-state index >= 15 is 0 Å². The van der Waals surface area contributed by atoms with Gasteiger partial charge in [-0.05, 0) is 53.1 Å². The third kappa shape index (κ3) is 4.44. The van der Waals surface area contributed by atoms with Crippen LogP contribution in [-0.2, 0) is 4.74 Å². The Morgan fingerprint density at radius 3 is 1.93 bits per heavy atom. The topological polar surface area (TPSA) is 9.23 Å². The van der Waals surface area contributed by atoms with Crippen LogP contribution in [0.5, 0.6) is 0 Å². The molecule has 2 atom stereocenters. The predicted molar refractivity (Wildman–Crippen MR) is 129 cm³/mol. The molecule has 30 heavy (non-hydrogen) atoms. The molecule has 4 aromatic carbocycles. The molecule has 1 aliphatic rings. The van der Waals surface area contributed by atoms with Crippen LogP contribution in [0.25, 0.3) is 10.8 Å². The summed E-state index contributed by atoms with van der Waals surface area (Å²) in [4.78, 5) is 2.63. The molecule has 1 nitrogen and oxygen atoms in total. The van der Waals surface area contributed by atoms with Crippen LogP contribution in [0.1, 0.15) is 18.1 Å². The van der Waals surface area contributed by atoms with Gasteiger partial charge in [-0.3, -0.25) is 0 Å². The summed E-state index contributed by atoms with van der Waals surface area (Å²) in [7, 11) is 0. The fraction of sp³-hybridized carbons (Fsp3) is 0.185. The van der Waals surface area contributed by atoms with Gasteiger partial charge in [-0.25, -0.2) is 0 Å². The van der Waals surface area contributed by atoms with Gasteiger partial charge < -0.3 is 4.74 Å². The Morgan fingerprint density at radius 2 is 1.27 bits per heavy atom. The number of benzene rings is 4. The third-order valence-electron chi connectivity index (χ3n) is 5.58. The van der Waals surface area contributed by atoms with Crippen LogP contribution in [-0.4, -0.2) is 11.2 Å². The van der Waals surface area contributed by atoms with E-state index in [0.29, 0.717) is 10.5 Å². The Labute approximate surface area is 186 Å². The maximum Gasteiger partial charge on any atom is 0.0873 e. The molecule has 3 heteroatoms. The summed E-state index contributed by atoms with van der Waals surface area (Å²) in [5.41, 5.74) is 1.29. The molecule has 0 saturated carbocycles. The average Bonchev–Trinajstić information content (AvgIpc) is 3.30. The highest BCUT2D eigenvalue weighted by molar-refractivity contribution is 8.17. The van der Waals surface area contributed by atoms with E-state index in [-0.39, 0.29) is 6.10 Å². The summed E-state index contributed by atoms with van der Waals surface area (Å²) in [5.74, 6) is 0.446. The third-order valence-corrected chi connectivity index (χ3v) is 8.41. The van der Waals surface area contributed by atoms with E-state index in [1.807, 2.05) is 23.5 Å². The minimum absolute atomic E-state index is 0.132. The van der Waals surface area contributed by atoms with Crippen LogP contribution in [0.15, 0.2) is 113 Å². The highest BCUT2D eigenvalue weighted by atomic mass is 32.2. The van der Waals surface area contributed by atoms with Crippen molar-refractivity contribution >= 4 is 34.3 Å². The van der Waals surface area contributed by atoms with E-state index in [1.165, 1.54) is 26.1 Å². The van der Waals surface area contributed by atoms with E-state index in [0.717, 1.165) is 13.0 Å². The minimum Gasteiger partial charge on any atom is -0.373 e. The van der Waals surface area contributed by atoms with Gasteiger partial charge in [-0.15, -0.1) is 23.5 Å². The lowest BCUT2D eigenvalue weighted by atomic mass is 9.95. The van der Waals surface area contributed by atoms with Gasteiger partial charge in [-0.2, -0.15) is 0 Å². The smallest absolute Gasteiger partial charge is 0.0873 e. The highest BCUT2D eigenvalue weighted by Gasteiger charge is 2.37. The molecule has 5 rings (SSSR count). The first-order valence-electron chi connectivity index (χ1n) is 10.4. The molecule has 0 aliphatic carbocycles. The summed E-state index contributed by atoms with van der Waals surface area (Å²) in [6.45, 7) is 0.823. The molecule has 1 fully saturated rings. The van der Waals surface area contributed by atoms with Gasteiger partial charge in [0.05, 0.1) is 10.7 Å². The van der Waals surface area contributed by atoms with E-state index in [9.17, 15) is 0 Å². The zero-order chi connectivity index (χ0) is 20.2. The first-order chi connectivity index (χ1) is 14.9. The molecule has 0 N–H and O–H groups in total. The predicted octanol–water partition coefficient (Wildman–Crippen LogP) is 7.83. The first kappa shape index (κ1) is 19.7. The molecule has 1 aliphatic heterocycles. The fourth-order valence-electron chi connectivity index (χ4n) is 4.08. The quantitative estimate of drug-likeness (QED) is 0.229. The fourth-order valence-corrected chi connectivity index (χ4v) is 7.01. The van der Waals surface area contributed by atoms with Crippen LogP contribution in [0.4, 0.5) is 0 Å². The van der Waals surface area contributed by atoms with Crippen molar-refractivity contribution in [3.05, 3.63) is 109 Å². The Morgan fingerprint density at radius 1 is 0.667 bits per heavy atom. The minimum atomic E-state index is 0.132. The van der Waals surface area contributed by atoms with E-state index < -0.39 is 0 Å². The zero-order valence-corrected chi connectivity index (χ0v) is 18.3. The number of hydrogen-bond donors (Lipinski definition) is 0. The van der Waals surface area contributed by atoms with Crippen molar-refractivity contribution in [2.45, 2.75) is 26.9 Å². The largest absolute Gasteiger partial charge is 0.373 e. The normalized spacial score (nSPS) is 18.8. The zero-order valence-electron chi connectivity index (χ0n) is 16.7. The Balaban J connectivity index is 1.46. The molecule has 150 valence electrons. The first-order valence-corrected chi connectivity index (χ1v) is 12.2. The van der Waals surface area contributed by atoms with Gasteiger partial charge in [0.15, 0.2) is 0 Å². The molecule has 0 bridgehead atoms. The molecule has 0 aromatic heterocycles. The van der Waals surface area contributed by atoms with E-state index in [4.69, 9.17) is 4.74 Å². The summed E-state index contributed by atoms with van der Waals surface area (Å²) in [6, 6.07) is 36.9. The van der Waals surface area contributed by atoms with Crippen LogP contribution in [0.3, 0.4) is 0 Å². The van der Waals surface area contributed by atoms with Gasteiger partial charge in [0.2, 0.25) is 0 Å². The van der Waals surface area contributed by atoms with Gasteiger partial charge in [0.1, 0.15) is 0 Å². The molecule has 4 aromatic rings. The molecule has 2 unspecified atom stereocenters. The molecule has 1 heterocycles. The van der Waals surface area contributed by atoms with Gasteiger partial charge in [0, 0.05) is 22.3 Å². The molecule has 0 radical (unpaired) electrons. The standard InChI is InChI=1S/C27H24OS2/c1-3-11-23(12-4-1)29-27(30-24-13-5-2-6-14-24)25-17-18-28-26(25)22-16-15-20-9-7-8-10-21(20)19-22/h1-16,19,25-27H,17-18H2. The number of fused-ring (bicyclic) bond motifs is 1. The van der Waals surface area contributed by atoms with Crippen LogP contribution < -0.4 is 0 Å². The van der Waals surface area contributed by atoms with Gasteiger partial charge in [0.25, 0.3) is 0 Å². The summed E-state index contributed by atoms with van der Waals surface area (Å²) >= 11 is 3.93. The second-order valence-corrected chi connectivity index (χ2v) is 10.3. The lowest BCUT2D eigenvalue weighted by Crippen LogP contribution is -2.18. The van der Waals surface area contributed by atoms with Crippen molar-refractivity contribution in [2.75, 3.05) is 6.61 Å². The number of hydrogen-bond acceptors (Lipinski definition) is 3. The molecule has 0 amide bonds. The van der Waals surface area contributed by atoms with Gasteiger partial charge >= 0.3 is 0 Å². The summed E-state index contributed by atoms with van der Waals surface area (Å²) in [5, 5.41) is 2.57. The second-order valence-electron chi connectivity index (χ2n) is 7.58. The van der Waals surface area contributed by atoms with E-state index in [2.05, 4.69) is 103 Å². The number of ether oxygens (including phenoxy) is 1. The lowest BCUT2D eigenvalue weighted by molar-refractivity contribution is 0.0941. The monoisotopic (exact) mass is 428 g/mol. The van der Waals surface area contributed by atoms with Crippen LogP contribution in [0, 0.1) is 5.92 Å². The van der Waals surface area contributed by atoms with Crippen molar-refractivity contribution in [1.82, 2.24) is 0 Å². The number of rotatable bonds is 6. The van der Waals surface area contributed by atoms with E-state index in [1.54, 1.807) is 0 Å². The molecule has 0 spiro atoms. The van der Waals surface area contributed by atoms with Crippen LogP contribution in [0.2, 0.25) is 0 Å². The average molecular weight is 429 g/mol. The van der Waals surface area contributed by atoms with Crippen molar-refractivity contribution in [2.24, 2.45) is 5.92 Å². The van der Waals surface area contributed by atoms with Crippen molar-refractivity contribution < 1.29 is 4.74 Å². The maximum absolute atomic E-state index is 6.33. The SMILES string of the molecule is c1ccc(SC(Sc2ccccc2)C2CCOC2c2ccc3ccccc3c2)cc1. The molecular formula is C27H24OS2. The van der Waals surface area contributed by atoms with Crippen molar-refractivity contribution in [3.63, 3.8) is 0 Å². The molecule has 1 saturated heterocycles. The summed E-state index contributed by atoms with van der Waals surface area (Å²) in [6.07, 6.45) is 1.22. The van der Waals surface area contributed by atoms with Crippen molar-refractivity contribution in [3.8, 4) is 0 Å². The summed E-state index contributed by atoms with van der Waals surface area (Å²) < 4.78 is 6.71. The maximum atomic E-state index is 6.33. The van der Waals surface area contributed by atoms with Gasteiger partial charge in [-0.1, -0.05) is 72.8 Å². The lowest BCUT2D eigenvalue weighted by Gasteiger charge is -2.27. The highest BCUT2D eigenvalue weighted by Crippen LogP contribution is 2.49. The Bertz CT molecular complexity index is 1060. The Hall–Kier alpha value is -2.20. The molecular weight excluding hydrogens is 404 g/mol. The van der Waals surface area contributed by atoms with Crippen LogP contribution >= 0.6 is 23.5 Å². The van der Waals surface area contributed by atoms with Crippen molar-refractivity contribution in [1.29, 1.82) is 0 Å². The second kappa shape index (κ2) is 9.30. The number of thioether (sulfide) groups is 2.